The summed E-state index contributed by atoms with van der Waals surface area (Å²) in [7, 11) is 1.35. The van der Waals surface area contributed by atoms with Crippen molar-refractivity contribution in [3.05, 3.63) is 95.9 Å². The largest absolute Gasteiger partial charge is 0.489 e. The van der Waals surface area contributed by atoms with Crippen LogP contribution >= 0.6 is 0 Å². The number of carbonyl (C=O) groups is 1. The molecule has 2 heterocycles. The lowest BCUT2D eigenvalue weighted by Gasteiger charge is -2.07. The average Bonchev–Trinajstić information content (AvgIpc) is 3.47. The van der Waals surface area contributed by atoms with Gasteiger partial charge in [0, 0.05) is 16.5 Å². The van der Waals surface area contributed by atoms with Gasteiger partial charge in [0.1, 0.15) is 29.3 Å². The van der Waals surface area contributed by atoms with Gasteiger partial charge < -0.3 is 18.3 Å². The van der Waals surface area contributed by atoms with Crippen molar-refractivity contribution >= 4 is 16.9 Å². The highest BCUT2D eigenvalue weighted by atomic mass is 16.5. The van der Waals surface area contributed by atoms with Crippen molar-refractivity contribution in [3.8, 4) is 28.5 Å². The molecular formula is C27H21NO5. The van der Waals surface area contributed by atoms with E-state index >= 15 is 0 Å². The van der Waals surface area contributed by atoms with Crippen molar-refractivity contribution in [3.63, 3.8) is 0 Å². The molecule has 0 spiro atoms. The van der Waals surface area contributed by atoms with Gasteiger partial charge in [0.25, 0.3) is 0 Å². The molecule has 0 amide bonds. The first kappa shape index (κ1) is 20.6. The average molecular weight is 439 g/mol. The lowest BCUT2D eigenvalue weighted by molar-refractivity contribution is 0.0600. The van der Waals surface area contributed by atoms with Crippen LogP contribution in [-0.4, -0.2) is 18.1 Å². The first-order valence-corrected chi connectivity index (χ1v) is 10.5. The molecule has 6 nitrogen and oxygen atoms in total. The number of esters is 1. The Balaban J connectivity index is 1.30. The van der Waals surface area contributed by atoms with E-state index in [0.29, 0.717) is 46.3 Å². The smallest absolute Gasteiger partial charge is 0.342 e. The molecule has 0 N–H and O–H groups in total. The van der Waals surface area contributed by atoms with E-state index in [1.54, 1.807) is 25.3 Å². The number of aromatic nitrogens is 1. The van der Waals surface area contributed by atoms with E-state index in [0.717, 1.165) is 16.7 Å². The molecule has 5 rings (SSSR count). The maximum Gasteiger partial charge on any atom is 0.342 e. The monoisotopic (exact) mass is 439 g/mol. The standard InChI is InChI=1S/C27H21NO5/c1-17-25(27(29)30-2)22-14-21(12-13-23(22)32-17)31-16-18-8-10-19(11-9-18)24-15-28-26(33-24)20-6-4-3-5-7-20/h3-15H,16H2,1-2H3. The maximum atomic E-state index is 12.1. The second kappa shape index (κ2) is 8.67. The van der Waals surface area contributed by atoms with Crippen LogP contribution < -0.4 is 4.74 Å². The van der Waals surface area contributed by atoms with Crippen LogP contribution in [0.3, 0.4) is 0 Å². The molecule has 2 aromatic heterocycles. The summed E-state index contributed by atoms with van der Waals surface area (Å²) in [6, 6.07) is 23.1. The van der Waals surface area contributed by atoms with E-state index in [4.69, 9.17) is 18.3 Å². The number of benzene rings is 3. The summed E-state index contributed by atoms with van der Waals surface area (Å²) in [5, 5.41) is 0.673. The molecule has 0 radical (unpaired) electrons. The van der Waals surface area contributed by atoms with Gasteiger partial charge in [0.2, 0.25) is 5.89 Å². The van der Waals surface area contributed by atoms with Gasteiger partial charge in [-0.3, -0.25) is 0 Å². The summed E-state index contributed by atoms with van der Waals surface area (Å²) < 4.78 is 22.4. The highest BCUT2D eigenvalue weighted by Crippen LogP contribution is 2.30. The molecule has 3 aromatic carbocycles. The van der Waals surface area contributed by atoms with Gasteiger partial charge in [0.15, 0.2) is 5.76 Å². The zero-order valence-electron chi connectivity index (χ0n) is 18.2. The SMILES string of the molecule is COC(=O)c1c(C)oc2ccc(OCc3ccc(-c4cnc(-c5ccccc5)o4)cc3)cc12. The fraction of sp³-hybridized carbons (Fsp3) is 0.111. The van der Waals surface area contributed by atoms with Crippen LogP contribution in [0.25, 0.3) is 33.7 Å². The normalized spacial score (nSPS) is 11.0. The Hall–Kier alpha value is -4.32. The van der Waals surface area contributed by atoms with E-state index in [-0.39, 0.29) is 0 Å². The Morgan fingerprint density at radius 1 is 0.939 bits per heavy atom. The minimum absolute atomic E-state index is 0.377. The van der Waals surface area contributed by atoms with Crippen LogP contribution in [0, 0.1) is 6.92 Å². The predicted molar refractivity (Wildman–Crippen MR) is 124 cm³/mol. The van der Waals surface area contributed by atoms with Gasteiger partial charge in [0.05, 0.1) is 13.3 Å². The number of oxazole rings is 1. The van der Waals surface area contributed by atoms with E-state index in [9.17, 15) is 4.79 Å². The zero-order valence-corrected chi connectivity index (χ0v) is 18.2. The van der Waals surface area contributed by atoms with Crippen LogP contribution in [-0.2, 0) is 11.3 Å². The third-order valence-corrected chi connectivity index (χ3v) is 5.40. The molecule has 0 aliphatic carbocycles. The highest BCUT2D eigenvalue weighted by molar-refractivity contribution is 6.04. The fourth-order valence-electron chi connectivity index (χ4n) is 3.70. The van der Waals surface area contributed by atoms with Crippen LogP contribution in [0.4, 0.5) is 0 Å². The molecule has 0 aliphatic rings. The predicted octanol–water partition coefficient (Wildman–Crippen LogP) is 6.43. The zero-order chi connectivity index (χ0) is 22.8. The van der Waals surface area contributed by atoms with Gasteiger partial charge in [-0.25, -0.2) is 9.78 Å². The summed E-state index contributed by atoms with van der Waals surface area (Å²) in [5.41, 5.74) is 3.91. The number of carbonyl (C=O) groups excluding carboxylic acids is 1. The third kappa shape index (κ3) is 4.11. The minimum atomic E-state index is -0.429. The summed E-state index contributed by atoms with van der Waals surface area (Å²) in [6.45, 7) is 2.12. The lowest BCUT2D eigenvalue weighted by Crippen LogP contribution is -2.02. The Morgan fingerprint density at radius 2 is 1.73 bits per heavy atom. The molecule has 0 saturated carbocycles. The molecule has 33 heavy (non-hydrogen) atoms. The number of aryl methyl sites for hydroxylation is 1. The van der Waals surface area contributed by atoms with E-state index in [1.807, 2.05) is 60.7 Å². The molecule has 5 aromatic rings. The lowest BCUT2D eigenvalue weighted by atomic mass is 10.1. The quantitative estimate of drug-likeness (QED) is 0.284. The molecule has 164 valence electrons. The van der Waals surface area contributed by atoms with Gasteiger partial charge in [-0.1, -0.05) is 42.5 Å². The number of hydrogen-bond donors (Lipinski definition) is 0. The first-order valence-electron chi connectivity index (χ1n) is 10.5. The van der Waals surface area contributed by atoms with Gasteiger partial charge in [-0.15, -0.1) is 0 Å². The molecule has 0 atom stereocenters. The molecule has 0 bridgehead atoms. The van der Waals surface area contributed by atoms with Crippen LogP contribution in [0.2, 0.25) is 0 Å². The van der Waals surface area contributed by atoms with E-state index in [1.165, 1.54) is 7.11 Å². The number of fused-ring (bicyclic) bond motifs is 1. The van der Waals surface area contributed by atoms with Crippen molar-refractivity contribution in [1.29, 1.82) is 0 Å². The number of furan rings is 1. The second-order valence-electron chi connectivity index (χ2n) is 7.56. The van der Waals surface area contributed by atoms with Crippen molar-refractivity contribution in [2.45, 2.75) is 13.5 Å². The Morgan fingerprint density at radius 3 is 2.48 bits per heavy atom. The molecule has 6 heteroatoms. The third-order valence-electron chi connectivity index (χ3n) is 5.40. The minimum Gasteiger partial charge on any atom is -0.489 e. The van der Waals surface area contributed by atoms with Crippen molar-refractivity contribution in [2.75, 3.05) is 7.11 Å². The summed E-state index contributed by atoms with van der Waals surface area (Å²) in [6.07, 6.45) is 1.73. The molecule has 0 unspecified atom stereocenters. The number of methoxy groups -OCH3 is 1. The maximum absolute atomic E-state index is 12.1. The Kier molecular flexibility index (Phi) is 5.40. The van der Waals surface area contributed by atoms with Crippen molar-refractivity contribution in [1.82, 2.24) is 4.98 Å². The molecule has 0 aliphatic heterocycles. The van der Waals surface area contributed by atoms with Crippen molar-refractivity contribution in [2.24, 2.45) is 0 Å². The number of nitrogens with zero attached hydrogens (tertiary/aromatic N) is 1. The topological polar surface area (TPSA) is 74.7 Å². The van der Waals surface area contributed by atoms with Crippen LogP contribution in [0.5, 0.6) is 5.75 Å². The van der Waals surface area contributed by atoms with Crippen LogP contribution in [0.1, 0.15) is 21.7 Å². The highest BCUT2D eigenvalue weighted by Gasteiger charge is 2.19. The summed E-state index contributed by atoms with van der Waals surface area (Å²) in [4.78, 5) is 16.5. The van der Waals surface area contributed by atoms with Crippen LogP contribution in [0.15, 0.2) is 87.8 Å². The Bertz CT molecular complexity index is 1410. The molecule has 0 saturated heterocycles. The molecule has 0 fully saturated rings. The Labute approximate surface area is 190 Å². The van der Waals surface area contributed by atoms with Gasteiger partial charge >= 0.3 is 5.97 Å². The second-order valence-corrected chi connectivity index (χ2v) is 7.56. The number of hydrogen-bond acceptors (Lipinski definition) is 6. The van der Waals surface area contributed by atoms with Gasteiger partial charge in [-0.05, 0) is 42.8 Å². The fourth-order valence-corrected chi connectivity index (χ4v) is 3.70. The van der Waals surface area contributed by atoms with Crippen molar-refractivity contribution < 1.29 is 23.1 Å². The first-order chi connectivity index (χ1) is 16.1. The summed E-state index contributed by atoms with van der Waals surface area (Å²) in [5.74, 6) is 2.03. The molecular weight excluding hydrogens is 418 g/mol. The van der Waals surface area contributed by atoms with E-state index in [2.05, 4.69) is 4.98 Å². The number of rotatable bonds is 6. The summed E-state index contributed by atoms with van der Waals surface area (Å²) >= 11 is 0. The van der Waals surface area contributed by atoms with Gasteiger partial charge in [-0.2, -0.15) is 0 Å². The number of ether oxygens (including phenoxy) is 2. The van der Waals surface area contributed by atoms with E-state index < -0.39 is 5.97 Å².